The molecule has 0 aliphatic heterocycles. The van der Waals surface area contributed by atoms with Crippen LogP contribution < -0.4 is 0 Å². The van der Waals surface area contributed by atoms with Gasteiger partial charge in [-0.2, -0.15) is 0 Å². The van der Waals surface area contributed by atoms with Gasteiger partial charge in [-0.05, 0) is 18.9 Å². The lowest BCUT2D eigenvalue weighted by Crippen LogP contribution is -2.43. The molecule has 5 nitrogen and oxygen atoms in total. The van der Waals surface area contributed by atoms with E-state index in [4.69, 9.17) is 0 Å². The fourth-order valence-corrected chi connectivity index (χ4v) is 3.32. The van der Waals surface area contributed by atoms with Crippen LogP contribution in [0.1, 0.15) is 32.9 Å². The van der Waals surface area contributed by atoms with E-state index < -0.39 is 12.0 Å². The minimum atomic E-state index is -1.01. The number of rotatable bonds is 6. The van der Waals surface area contributed by atoms with Crippen molar-refractivity contribution in [3.8, 4) is 0 Å². The number of benzene rings is 1. The van der Waals surface area contributed by atoms with Crippen molar-refractivity contribution in [2.75, 3.05) is 7.05 Å². The SMILES string of the molecule is CCc1nc(C)c(C(=O)N(C)C(Cc2ccccc2)C(=O)O)s1. The second-order valence-electron chi connectivity index (χ2n) is 5.34. The second kappa shape index (κ2) is 7.37. The fourth-order valence-electron chi connectivity index (χ4n) is 2.33. The Morgan fingerprint density at radius 2 is 1.96 bits per heavy atom. The molecular weight excluding hydrogens is 312 g/mol. The van der Waals surface area contributed by atoms with Crippen LogP contribution >= 0.6 is 11.3 Å². The van der Waals surface area contributed by atoms with Gasteiger partial charge in [-0.1, -0.05) is 37.3 Å². The number of carbonyl (C=O) groups excluding carboxylic acids is 1. The lowest BCUT2D eigenvalue weighted by atomic mass is 10.0. The zero-order valence-corrected chi connectivity index (χ0v) is 14.3. The third kappa shape index (κ3) is 3.96. The van der Waals surface area contributed by atoms with Gasteiger partial charge in [0.1, 0.15) is 10.9 Å². The number of hydrogen-bond donors (Lipinski definition) is 1. The van der Waals surface area contributed by atoms with Crippen molar-refractivity contribution in [2.45, 2.75) is 32.7 Å². The summed E-state index contributed by atoms with van der Waals surface area (Å²) in [7, 11) is 1.54. The van der Waals surface area contributed by atoms with Gasteiger partial charge < -0.3 is 10.0 Å². The number of aromatic nitrogens is 1. The first-order valence-electron chi connectivity index (χ1n) is 7.44. The quantitative estimate of drug-likeness (QED) is 0.883. The lowest BCUT2D eigenvalue weighted by molar-refractivity contribution is -0.141. The van der Waals surface area contributed by atoms with Crippen molar-refractivity contribution >= 4 is 23.2 Å². The summed E-state index contributed by atoms with van der Waals surface area (Å²) >= 11 is 1.34. The number of amides is 1. The van der Waals surface area contributed by atoms with Gasteiger partial charge in [0.05, 0.1) is 10.7 Å². The maximum Gasteiger partial charge on any atom is 0.326 e. The van der Waals surface area contributed by atoms with E-state index in [1.54, 1.807) is 6.92 Å². The second-order valence-corrected chi connectivity index (χ2v) is 6.42. The maximum atomic E-state index is 12.7. The molecule has 1 aromatic carbocycles. The van der Waals surface area contributed by atoms with Crippen molar-refractivity contribution in [3.05, 3.63) is 51.5 Å². The van der Waals surface area contributed by atoms with E-state index in [0.29, 0.717) is 10.6 Å². The molecule has 0 bridgehead atoms. The van der Waals surface area contributed by atoms with Gasteiger partial charge in [-0.25, -0.2) is 9.78 Å². The smallest absolute Gasteiger partial charge is 0.326 e. The first-order valence-corrected chi connectivity index (χ1v) is 8.25. The molecule has 2 rings (SSSR count). The number of hydrogen-bond acceptors (Lipinski definition) is 4. The van der Waals surface area contributed by atoms with Crippen LogP contribution in [0, 0.1) is 6.92 Å². The number of nitrogens with zero attached hydrogens (tertiary/aromatic N) is 2. The topological polar surface area (TPSA) is 70.5 Å². The molecule has 0 radical (unpaired) electrons. The number of carbonyl (C=O) groups is 2. The zero-order valence-electron chi connectivity index (χ0n) is 13.4. The Bertz CT molecular complexity index is 697. The number of aliphatic carboxylic acids is 1. The fraction of sp³-hybridized carbons (Fsp3) is 0.353. The van der Waals surface area contributed by atoms with Gasteiger partial charge in [0.25, 0.3) is 5.91 Å². The molecule has 1 N–H and O–H groups in total. The van der Waals surface area contributed by atoms with E-state index in [-0.39, 0.29) is 12.3 Å². The van der Waals surface area contributed by atoms with Crippen LogP contribution in [0.15, 0.2) is 30.3 Å². The van der Waals surface area contributed by atoms with Gasteiger partial charge in [-0.3, -0.25) is 4.79 Å². The van der Waals surface area contributed by atoms with Crippen LogP contribution in [0.4, 0.5) is 0 Å². The minimum absolute atomic E-state index is 0.275. The predicted molar refractivity (Wildman–Crippen MR) is 89.9 cm³/mol. The zero-order chi connectivity index (χ0) is 17.0. The van der Waals surface area contributed by atoms with Crippen LogP contribution in [-0.2, 0) is 17.6 Å². The summed E-state index contributed by atoms with van der Waals surface area (Å²) < 4.78 is 0. The Labute approximate surface area is 139 Å². The van der Waals surface area contributed by atoms with E-state index in [1.165, 1.54) is 23.3 Å². The van der Waals surface area contributed by atoms with Crippen LogP contribution in [0.2, 0.25) is 0 Å². The molecule has 2 aromatic rings. The van der Waals surface area contributed by atoms with E-state index in [1.807, 2.05) is 37.3 Å². The number of thiazole rings is 1. The third-order valence-electron chi connectivity index (χ3n) is 3.68. The van der Waals surface area contributed by atoms with E-state index in [2.05, 4.69) is 4.98 Å². The van der Waals surface area contributed by atoms with Crippen molar-refractivity contribution < 1.29 is 14.7 Å². The highest BCUT2D eigenvalue weighted by atomic mass is 32.1. The Kier molecular flexibility index (Phi) is 5.50. The molecule has 122 valence electrons. The Hall–Kier alpha value is -2.21. The van der Waals surface area contributed by atoms with Crippen LogP contribution in [-0.4, -0.2) is 40.0 Å². The predicted octanol–water partition coefficient (Wildman–Crippen LogP) is 2.78. The average Bonchev–Trinajstić information content (AvgIpc) is 2.93. The van der Waals surface area contributed by atoms with E-state index in [0.717, 1.165) is 17.0 Å². The van der Waals surface area contributed by atoms with Gasteiger partial charge >= 0.3 is 5.97 Å². The minimum Gasteiger partial charge on any atom is -0.480 e. The molecule has 6 heteroatoms. The maximum absolute atomic E-state index is 12.7. The molecule has 0 saturated carbocycles. The Morgan fingerprint density at radius 3 is 2.48 bits per heavy atom. The molecule has 1 heterocycles. The molecule has 23 heavy (non-hydrogen) atoms. The van der Waals surface area contributed by atoms with Crippen LogP contribution in [0.3, 0.4) is 0 Å². The highest BCUT2D eigenvalue weighted by molar-refractivity contribution is 7.13. The van der Waals surface area contributed by atoms with Crippen LogP contribution in [0.25, 0.3) is 0 Å². The summed E-state index contributed by atoms with van der Waals surface area (Å²) in [6.07, 6.45) is 1.03. The molecule has 0 spiro atoms. The molecule has 0 aliphatic carbocycles. The Morgan fingerprint density at radius 1 is 1.30 bits per heavy atom. The normalized spacial score (nSPS) is 12.0. The van der Waals surface area contributed by atoms with Crippen molar-refractivity contribution in [2.24, 2.45) is 0 Å². The summed E-state index contributed by atoms with van der Waals surface area (Å²) in [6.45, 7) is 3.76. The first kappa shape index (κ1) is 17.1. The summed E-state index contributed by atoms with van der Waals surface area (Å²) in [5.74, 6) is -1.30. The molecular formula is C17H20N2O3S. The van der Waals surface area contributed by atoms with Gasteiger partial charge in [-0.15, -0.1) is 11.3 Å². The Balaban J connectivity index is 2.23. The molecule has 0 fully saturated rings. The molecule has 1 atom stereocenters. The summed E-state index contributed by atoms with van der Waals surface area (Å²) in [5, 5.41) is 10.4. The van der Waals surface area contributed by atoms with E-state index in [9.17, 15) is 14.7 Å². The lowest BCUT2D eigenvalue weighted by Gasteiger charge is -2.24. The monoisotopic (exact) mass is 332 g/mol. The molecule has 0 aliphatic rings. The molecule has 0 saturated heterocycles. The number of carboxylic acids is 1. The van der Waals surface area contributed by atoms with Gasteiger partial charge in [0.2, 0.25) is 0 Å². The largest absolute Gasteiger partial charge is 0.480 e. The van der Waals surface area contributed by atoms with Crippen molar-refractivity contribution in [1.82, 2.24) is 9.88 Å². The highest BCUT2D eigenvalue weighted by Crippen LogP contribution is 2.21. The van der Waals surface area contributed by atoms with Crippen molar-refractivity contribution in [3.63, 3.8) is 0 Å². The van der Waals surface area contributed by atoms with E-state index >= 15 is 0 Å². The van der Waals surface area contributed by atoms with Gasteiger partial charge in [0, 0.05) is 13.5 Å². The van der Waals surface area contributed by atoms with Crippen molar-refractivity contribution in [1.29, 1.82) is 0 Å². The molecule has 1 amide bonds. The standard InChI is InChI=1S/C17H20N2O3S/c1-4-14-18-11(2)15(23-14)16(20)19(3)13(17(21)22)10-12-8-6-5-7-9-12/h5-9,13H,4,10H2,1-3H3,(H,21,22). The van der Waals surface area contributed by atoms with Gasteiger partial charge in [0.15, 0.2) is 0 Å². The molecule has 1 aromatic heterocycles. The third-order valence-corrected chi connectivity index (χ3v) is 4.97. The summed E-state index contributed by atoms with van der Waals surface area (Å²) in [5.41, 5.74) is 1.54. The number of carboxylic acid groups (broad SMARTS) is 1. The number of likely N-dealkylation sites (N-methyl/N-ethyl adjacent to an activating group) is 1. The molecule has 1 unspecified atom stereocenters. The average molecular weight is 332 g/mol. The van der Waals surface area contributed by atoms with Crippen LogP contribution in [0.5, 0.6) is 0 Å². The first-order chi connectivity index (χ1) is 10.9. The highest BCUT2D eigenvalue weighted by Gasteiger charge is 2.29. The summed E-state index contributed by atoms with van der Waals surface area (Å²) in [6, 6.07) is 8.41. The summed E-state index contributed by atoms with van der Waals surface area (Å²) in [4.78, 5) is 30.4. The number of aryl methyl sites for hydroxylation is 2.